The number of anilines is 1. The number of amides is 1. The van der Waals surface area contributed by atoms with Crippen molar-refractivity contribution in [2.45, 2.75) is 18.9 Å². The van der Waals surface area contributed by atoms with Gasteiger partial charge in [-0.15, -0.1) is 0 Å². The van der Waals surface area contributed by atoms with Gasteiger partial charge in [-0.3, -0.25) is 19.3 Å². The van der Waals surface area contributed by atoms with Gasteiger partial charge < -0.3 is 14.3 Å². The fourth-order valence-electron chi connectivity index (χ4n) is 3.04. The number of carbonyl (C=O) groups excluding carboxylic acids is 3. The molecule has 2 aromatic rings. The molecule has 7 heteroatoms. The third-order valence-corrected chi connectivity index (χ3v) is 4.24. The van der Waals surface area contributed by atoms with Crippen LogP contribution in [0.5, 0.6) is 0 Å². The van der Waals surface area contributed by atoms with Crippen LogP contribution in [0.15, 0.2) is 53.2 Å². The lowest BCUT2D eigenvalue weighted by atomic mass is 9.90. The molecule has 0 radical (unpaired) electrons. The number of ketones is 1. The first-order chi connectivity index (χ1) is 13.0. The van der Waals surface area contributed by atoms with Gasteiger partial charge in [0.05, 0.1) is 25.0 Å². The van der Waals surface area contributed by atoms with Crippen LogP contribution in [0.1, 0.15) is 24.7 Å². The predicted octanol–water partition coefficient (Wildman–Crippen LogP) is 2.05. The van der Waals surface area contributed by atoms with Crippen molar-refractivity contribution in [3.05, 3.63) is 60.1 Å². The molecule has 0 unspecified atom stereocenters. The Morgan fingerprint density at radius 1 is 1.26 bits per heavy atom. The highest BCUT2D eigenvalue weighted by molar-refractivity contribution is 6.11. The van der Waals surface area contributed by atoms with Gasteiger partial charge in [0.25, 0.3) is 5.91 Å². The molecule has 1 N–H and O–H groups in total. The molecule has 0 spiro atoms. The highest BCUT2D eigenvalue weighted by Gasteiger charge is 2.50. The van der Waals surface area contributed by atoms with Crippen molar-refractivity contribution in [3.8, 4) is 0 Å². The van der Waals surface area contributed by atoms with Crippen molar-refractivity contribution in [1.82, 2.24) is 0 Å². The monoisotopic (exact) mass is 369 g/mol. The quantitative estimate of drug-likeness (QED) is 0.593. The maximum absolute atomic E-state index is 12.9. The highest BCUT2D eigenvalue weighted by atomic mass is 16.5. The topological polar surface area (TPSA) is 97.0 Å². The maximum Gasteiger partial charge on any atom is 0.326 e. The van der Waals surface area contributed by atoms with Gasteiger partial charge in [0.15, 0.2) is 11.4 Å². The van der Waals surface area contributed by atoms with Gasteiger partial charge in [0, 0.05) is 5.56 Å². The molecular formula is C20H19NO6. The normalized spacial score (nSPS) is 18.7. The first-order valence-corrected chi connectivity index (χ1v) is 8.49. The molecule has 1 aromatic heterocycles. The molecule has 0 fully saturated rings. The van der Waals surface area contributed by atoms with E-state index in [1.165, 1.54) is 18.4 Å². The minimum atomic E-state index is -2.03. The summed E-state index contributed by atoms with van der Waals surface area (Å²) >= 11 is 0. The molecule has 7 nitrogen and oxygen atoms in total. The van der Waals surface area contributed by atoms with Crippen LogP contribution >= 0.6 is 0 Å². The number of para-hydroxylation sites is 1. The summed E-state index contributed by atoms with van der Waals surface area (Å²) in [6.07, 6.45) is 3.75. The summed E-state index contributed by atoms with van der Waals surface area (Å²) in [5, 5.41) is 11.0. The molecule has 3 rings (SSSR count). The summed E-state index contributed by atoms with van der Waals surface area (Å²) in [6, 6.07) is 9.90. The number of carbonyl (C=O) groups is 3. The zero-order valence-corrected chi connectivity index (χ0v) is 14.8. The molecule has 0 saturated carbocycles. The first kappa shape index (κ1) is 18.6. The second kappa shape index (κ2) is 7.59. The minimum absolute atomic E-state index is 0.183. The molecule has 140 valence electrons. The van der Waals surface area contributed by atoms with Crippen molar-refractivity contribution in [2.75, 3.05) is 18.1 Å². The van der Waals surface area contributed by atoms with E-state index in [2.05, 4.69) is 0 Å². The van der Waals surface area contributed by atoms with E-state index in [1.807, 2.05) is 0 Å². The van der Waals surface area contributed by atoms with Crippen molar-refractivity contribution < 1.29 is 28.6 Å². The lowest BCUT2D eigenvalue weighted by Crippen LogP contribution is -2.43. The Kier molecular flexibility index (Phi) is 5.23. The first-order valence-electron chi connectivity index (χ1n) is 8.49. The number of hydrogen-bond donors (Lipinski definition) is 1. The van der Waals surface area contributed by atoms with E-state index in [9.17, 15) is 19.5 Å². The summed E-state index contributed by atoms with van der Waals surface area (Å²) < 4.78 is 10.0. The van der Waals surface area contributed by atoms with Gasteiger partial charge in [-0.1, -0.05) is 18.2 Å². The smallest absolute Gasteiger partial charge is 0.326 e. The number of nitrogens with zero attached hydrogens (tertiary/aromatic N) is 1. The van der Waals surface area contributed by atoms with E-state index in [-0.39, 0.29) is 13.2 Å². The fraction of sp³-hybridized carbons (Fsp3) is 0.250. The van der Waals surface area contributed by atoms with Gasteiger partial charge in [-0.05, 0) is 37.3 Å². The Labute approximate surface area is 155 Å². The Morgan fingerprint density at radius 3 is 2.74 bits per heavy atom. The second-order valence-corrected chi connectivity index (χ2v) is 6.07. The van der Waals surface area contributed by atoms with Gasteiger partial charge >= 0.3 is 5.97 Å². The summed E-state index contributed by atoms with van der Waals surface area (Å²) in [5.41, 5.74) is -1.35. The zero-order chi connectivity index (χ0) is 19.4. The van der Waals surface area contributed by atoms with Crippen LogP contribution in [-0.4, -0.2) is 35.9 Å². The molecule has 1 atom stereocenters. The van der Waals surface area contributed by atoms with Gasteiger partial charge in [0.2, 0.25) is 0 Å². The van der Waals surface area contributed by atoms with Crippen molar-refractivity contribution >= 4 is 29.4 Å². The predicted molar refractivity (Wildman–Crippen MR) is 96.7 cm³/mol. The number of furan rings is 1. The van der Waals surface area contributed by atoms with E-state index < -0.39 is 29.7 Å². The summed E-state index contributed by atoms with van der Waals surface area (Å²) in [6.45, 7) is 1.52. The molecular weight excluding hydrogens is 350 g/mol. The van der Waals surface area contributed by atoms with Crippen LogP contribution in [0.4, 0.5) is 5.69 Å². The van der Waals surface area contributed by atoms with Gasteiger partial charge in [0.1, 0.15) is 12.3 Å². The van der Waals surface area contributed by atoms with Crippen molar-refractivity contribution in [1.29, 1.82) is 0 Å². The van der Waals surface area contributed by atoms with Crippen LogP contribution in [0.2, 0.25) is 0 Å². The number of rotatable bonds is 7. The molecule has 1 aromatic carbocycles. The number of aliphatic hydroxyl groups is 1. The molecule has 1 amide bonds. The second-order valence-electron chi connectivity index (χ2n) is 6.07. The molecule has 0 saturated heterocycles. The van der Waals surface area contributed by atoms with Crippen LogP contribution in [0.25, 0.3) is 6.08 Å². The van der Waals surface area contributed by atoms with Crippen LogP contribution in [0.3, 0.4) is 0 Å². The third kappa shape index (κ3) is 3.68. The number of ether oxygens (including phenoxy) is 1. The molecule has 1 aliphatic heterocycles. The van der Waals surface area contributed by atoms with Crippen LogP contribution < -0.4 is 4.90 Å². The molecule has 0 bridgehead atoms. The van der Waals surface area contributed by atoms with E-state index in [1.54, 1.807) is 43.3 Å². The Hall–Kier alpha value is -3.19. The maximum atomic E-state index is 12.9. The minimum Gasteiger partial charge on any atom is -0.465 e. The summed E-state index contributed by atoms with van der Waals surface area (Å²) in [4.78, 5) is 38.2. The number of allylic oxidation sites excluding steroid dienone is 1. The molecule has 1 aliphatic rings. The molecule has 0 aliphatic carbocycles. The Balaban J connectivity index is 1.84. The van der Waals surface area contributed by atoms with Crippen molar-refractivity contribution in [3.63, 3.8) is 0 Å². The Bertz CT molecular complexity index is 886. The largest absolute Gasteiger partial charge is 0.465 e. The lowest BCUT2D eigenvalue weighted by Gasteiger charge is -2.21. The van der Waals surface area contributed by atoms with Gasteiger partial charge in [-0.2, -0.15) is 0 Å². The van der Waals surface area contributed by atoms with Crippen molar-refractivity contribution in [2.24, 2.45) is 0 Å². The van der Waals surface area contributed by atoms with Gasteiger partial charge in [-0.25, -0.2) is 0 Å². The van der Waals surface area contributed by atoms with E-state index in [0.29, 0.717) is 17.0 Å². The van der Waals surface area contributed by atoms with Crippen LogP contribution in [-0.2, 0) is 24.7 Å². The van der Waals surface area contributed by atoms with E-state index >= 15 is 0 Å². The number of hydrogen-bond acceptors (Lipinski definition) is 6. The lowest BCUT2D eigenvalue weighted by molar-refractivity contribution is -0.145. The third-order valence-electron chi connectivity index (χ3n) is 4.24. The molecule has 2 heterocycles. The number of benzene rings is 1. The summed E-state index contributed by atoms with van der Waals surface area (Å²) in [7, 11) is 0. The number of esters is 1. The Morgan fingerprint density at radius 2 is 2.04 bits per heavy atom. The fourth-order valence-corrected chi connectivity index (χ4v) is 3.04. The number of fused-ring (bicyclic) bond motifs is 1. The highest BCUT2D eigenvalue weighted by Crippen LogP contribution is 2.42. The zero-order valence-electron chi connectivity index (χ0n) is 14.8. The summed E-state index contributed by atoms with van der Waals surface area (Å²) in [5.74, 6) is -1.28. The molecule has 27 heavy (non-hydrogen) atoms. The average Bonchev–Trinajstić information content (AvgIpc) is 3.23. The standard InChI is InChI=1S/C20H19NO6/c1-2-26-18(23)13-21-17-8-4-3-7-16(17)20(25,19(21)24)12-14(22)9-10-15-6-5-11-27-15/h3-11,25H,2,12-13H2,1H3/b10-9+/t20-/m1/s1. The van der Waals surface area contributed by atoms with E-state index in [4.69, 9.17) is 9.15 Å². The van der Waals surface area contributed by atoms with E-state index in [0.717, 1.165) is 4.90 Å². The van der Waals surface area contributed by atoms with Crippen LogP contribution in [0, 0.1) is 0 Å². The SMILES string of the molecule is CCOC(=O)CN1C(=O)[C@@](O)(CC(=O)/C=C/c2ccco2)c2ccccc21. The average molecular weight is 369 g/mol.